The summed E-state index contributed by atoms with van der Waals surface area (Å²) in [6.45, 7) is 0.582. The molecule has 0 aliphatic carbocycles. The van der Waals surface area contributed by atoms with Gasteiger partial charge < -0.3 is 5.32 Å². The highest BCUT2D eigenvalue weighted by Gasteiger charge is 2.01. The fourth-order valence-corrected chi connectivity index (χ4v) is 1.95. The normalized spacial score (nSPS) is 10.1. The zero-order valence-electron chi connectivity index (χ0n) is 9.01. The summed E-state index contributed by atoms with van der Waals surface area (Å²) in [5.74, 6) is 0.712. The molecule has 1 aromatic carbocycles. The van der Waals surface area contributed by atoms with Crippen LogP contribution in [0.25, 0.3) is 0 Å². The number of alkyl halides is 1. The van der Waals surface area contributed by atoms with Crippen LogP contribution in [0.4, 0.5) is 0 Å². The average molecular weight is 305 g/mol. The van der Waals surface area contributed by atoms with Crippen LogP contribution in [0.15, 0.2) is 28.7 Å². The van der Waals surface area contributed by atoms with Crippen molar-refractivity contribution in [1.82, 2.24) is 5.32 Å². The molecule has 0 fully saturated rings. The van der Waals surface area contributed by atoms with E-state index >= 15 is 0 Å². The minimum Gasteiger partial charge on any atom is -0.352 e. The maximum absolute atomic E-state index is 11.4. The third-order valence-corrected chi connectivity index (χ3v) is 2.93. The number of benzene rings is 1. The number of hydrogen-bond acceptors (Lipinski definition) is 1. The number of nitrogens with one attached hydrogen (secondary N) is 1. The van der Waals surface area contributed by atoms with E-state index in [4.69, 9.17) is 11.6 Å². The Morgan fingerprint density at radius 2 is 2.19 bits per heavy atom. The van der Waals surface area contributed by atoms with Crippen molar-refractivity contribution in [2.24, 2.45) is 0 Å². The van der Waals surface area contributed by atoms with E-state index in [1.165, 1.54) is 0 Å². The molecule has 1 rings (SSSR count). The van der Waals surface area contributed by atoms with Gasteiger partial charge in [0.05, 0.1) is 0 Å². The van der Waals surface area contributed by atoms with Crippen molar-refractivity contribution in [2.45, 2.75) is 25.8 Å². The lowest BCUT2D eigenvalue weighted by Gasteiger charge is -2.05. The summed E-state index contributed by atoms with van der Waals surface area (Å²) in [6, 6.07) is 7.91. The molecular weight excluding hydrogens is 289 g/mol. The maximum Gasteiger partial charge on any atom is 0.220 e. The van der Waals surface area contributed by atoms with Gasteiger partial charge in [0.25, 0.3) is 0 Å². The van der Waals surface area contributed by atoms with Gasteiger partial charge in [-0.05, 0) is 30.5 Å². The van der Waals surface area contributed by atoms with Crippen molar-refractivity contribution in [2.75, 3.05) is 5.88 Å². The highest BCUT2D eigenvalue weighted by molar-refractivity contribution is 9.10. The van der Waals surface area contributed by atoms with Gasteiger partial charge in [-0.25, -0.2) is 0 Å². The van der Waals surface area contributed by atoms with Crippen LogP contribution in [0.1, 0.15) is 24.8 Å². The van der Waals surface area contributed by atoms with Gasteiger partial charge in [-0.2, -0.15) is 0 Å². The Kier molecular flexibility index (Phi) is 6.50. The highest BCUT2D eigenvalue weighted by Crippen LogP contribution is 2.11. The van der Waals surface area contributed by atoms with Gasteiger partial charge in [-0.1, -0.05) is 28.1 Å². The monoisotopic (exact) mass is 303 g/mol. The topological polar surface area (TPSA) is 29.1 Å². The fourth-order valence-electron chi connectivity index (χ4n) is 1.32. The van der Waals surface area contributed by atoms with E-state index in [1.54, 1.807) is 0 Å². The Hall–Kier alpha value is -0.540. The molecule has 1 aromatic rings. The number of carbonyl (C=O) groups is 1. The van der Waals surface area contributed by atoms with E-state index in [-0.39, 0.29) is 5.91 Å². The molecule has 0 aromatic heterocycles. The Morgan fingerprint density at radius 1 is 1.38 bits per heavy atom. The number of halogens is 2. The van der Waals surface area contributed by atoms with E-state index in [9.17, 15) is 4.79 Å². The lowest BCUT2D eigenvalue weighted by Crippen LogP contribution is -2.22. The maximum atomic E-state index is 11.4. The van der Waals surface area contributed by atoms with Gasteiger partial charge in [0, 0.05) is 23.3 Å². The molecule has 2 nitrogen and oxygen atoms in total. The number of hydrogen-bond donors (Lipinski definition) is 1. The molecule has 0 bridgehead atoms. The molecule has 0 aliphatic rings. The zero-order valence-corrected chi connectivity index (χ0v) is 11.4. The van der Waals surface area contributed by atoms with Crippen LogP contribution in [0.2, 0.25) is 0 Å². The standard InChI is InChI=1S/C12H15BrClNO/c13-11-5-3-4-10(8-11)9-15-12(16)6-1-2-7-14/h3-5,8H,1-2,6-7,9H2,(H,15,16). The second-order valence-electron chi connectivity index (χ2n) is 3.55. The van der Waals surface area contributed by atoms with Gasteiger partial charge in [0.2, 0.25) is 5.91 Å². The van der Waals surface area contributed by atoms with Crippen molar-refractivity contribution in [3.05, 3.63) is 34.3 Å². The van der Waals surface area contributed by atoms with Gasteiger partial charge >= 0.3 is 0 Å². The Balaban J connectivity index is 2.26. The summed E-state index contributed by atoms with van der Waals surface area (Å²) in [5, 5.41) is 2.88. The number of amides is 1. The first-order valence-corrected chi connectivity index (χ1v) is 6.62. The first-order valence-electron chi connectivity index (χ1n) is 5.29. The fraction of sp³-hybridized carbons (Fsp3) is 0.417. The third-order valence-electron chi connectivity index (χ3n) is 2.17. The molecule has 0 aliphatic heterocycles. The summed E-state index contributed by atoms with van der Waals surface area (Å²) in [6.07, 6.45) is 2.31. The van der Waals surface area contributed by atoms with Crippen molar-refractivity contribution < 1.29 is 4.79 Å². The van der Waals surface area contributed by atoms with Crippen LogP contribution < -0.4 is 5.32 Å². The molecule has 1 amide bonds. The van der Waals surface area contributed by atoms with Crippen molar-refractivity contribution in [3.8, 4) is 0 Å². The molecule has 16 heavy (non-hydrogen) atoms. The van der Waals surface area contributed by atoms with E-state index in [0.29, 0.717) is 18.8 Å². The molecule has 4 heteroatoms. The number of unbranched alkanes of at least 4 members (excludes halogenated alkanes) is 1. The van der Waals surface area contributed by atoms with Crippen LogP contribution in [0.5, 0.6) is 0 Å². The highest BCUT2D eigenvalue weighted by atomic mass is 79.9. The molecule has 0 saturated heterocycles. The minimum atomic E-state index is 0.0880. The van der Waals surface area contributed by atoms with E-state index in [1.807, 2.05) is 24.3 Å². The lowest BCUT2D eigenvalue weighted by atomic mass is 10.2. The minimum absolute atomic E-state index is 0.0880. The van der Waals surface area contributed by atoms with Crippen LogP contribution in [0.3, 0.4) is 0 Å². The second kappa shape index (κ2) is 7.69. The van der Waals surface area contributed by atoms with Crippen molar-refractivity contribution >= 4 is 33.4 Å². The molecule has 0 heterocycles. The molecule has 0 unspecified atom stereocenters. The molecule has 0 spiro atoms. The van der Waals surface area contributed by atoms with E-state index < -0.39 is 0 Å². The first-order chi connectivity index (χ1) is 7.72. The molecular formula is C12H15BrClNO. The van der Waals surface area contributed by atoms with Crippen LogP contribution in [0, 0.1) is 0 Å². The zero-order chi connectivity index (χ0) is 11.8. The summed E-state index contributed by atoms with van der Waals surface area (Å²) in [7, 11) is 0. The molecule has 1 N–H and O–H groups in total. The summed E-state index contributed by atoms with van der Waals surface area (Å²) in [5.41, 5.74) is 1.10. The summed E-state index contributed by atoms with van der Waals surface area (Å²) in [4.78, 5) is 11.4. The molecule has 0 saturated carbocycles. The second-order valence-corrected chi connectivity index (χ2v) is 4.85. The predicted octanol–water partition coefficient (Wildman–Crippen LogP) is 3.47. The van der Waals surface area contributed by atoms with E-state index in [0.717, 1.165) is 22.9 Å². The van der Waals surface area contributed by atoms with E-state index in [2.05, 4.69) is 21.2 Å². The van der Waals surface area contributed by atoms with Gasteiger partial charge in [0.1, 0.15) is 0 Å². The van der Waals surface area contributed by atoms with Gasteiger partial charge in [0.15, 0.2) is 0 Å². The number of carbonyl (C=O) groups excluding carboxylic acids is 1. The first kappa shape index (κ1) is 13.5. The van der Waals surface area contributed by atoms with Crippen molar-refractivity contribution in [3.63, 3.8) is 0 Å². The van der Waals surface area contributed by atoms with Crippen LogP contribution in [-0.2, 0) is 11.3 Å². The predicted molar refractivity (Wildman–Crippen MR) is 70.6 cm³/mol. The largest absolute Gasteiger partial charge is 0.352 e. The quantitative estimate of drug-likeness (QED) is 0.633. The molecule has 0 atom stereocenters. The average Bonchev–Trinajstić information content (AvgIpc) is 2.27. The SMILES string of the molecule is O=C(CCCCCl)NCc1cccc(Br)c1. The molecule has 88 valence electrons. The Labute approximate surface area is 110 Å². The molecule has 0 radical (unpaired) electrons. The third kappa shape index (κ3) is 5.52. The van der Waals surface area contributed by atoms with Gasteiger partial charge in [-0.3, -0.25) is 4.79 Å². The number of rotatable bonds is 6. The summed E-state index contributed by atoms with van der Waals surface area (Å²) < 4.78 is 1.03. The van der Waals surface area contributed by atoms with Crippen LogP contribution in [-0.4, -0.2) is 11.8 Å². The van der Waals surface area contributed by atoms with Gasteiger partial charge in [-0.15, -0.1) is 11.6 Å². The Morgan fingerprint density at radius 3 is 2.88 bits per heavy atom. The lowest BCUT2D eigenvalue weighted by molar-refractivity contribution is -0.121. The summed E-state index contributed by atoms with van der Waals surface area (Å²) >= 11 is 8.93. The van der Waals surface area contributed by atoms with Crippen molar-refractivity contribution in [1.29, 1.82) is 0 Å². The van der Waals surface area contributed by atoms with Crippen LogP contribution >= 0.6 is 27.5 Å². The Bertz CT molecular complexity index is 344. The smallest absolute Gasteiger partial charge is 0.220 e.